The number of carboxylic acids is 1. The highest BCUT2D eigenvalue weighted by molar-refractivity contribution is 7.99. The maximum Gasteiger partial charge on any atom is 0.313 e. The van der Waals surface area contributed by atoms with Crippen molar-refractivity contribution < 1.29 is 9.90 Å². The normalized spacial score (nSPS) is 11.3. The lowest BCUT2D eigenvalue weighted by atomic mass is 10.4. The van der Waals surface area contributed by atoms with E-state index in [1.165, 1.54) is 11.8 Å². The van der Waals surface area contributed by atoms with Crippen LogP contribution in [0.15, 0.2) is 5.16 Å². The van der Waals surface area contributed by atoms with Gasteiger partial charge in [0, 0.05) is 13.1 Å². The molecule has 0 amide bonds. The Kier molecular flexibility index (Phi) is 4.14. The lowest BCUT2D eigenvalue weighted by molar-refractivity contribution is -0.133. The first-order valence-corrected chi connectivity index (χ1v) is 7.35. The van der Waals surface area contributed by atoms with E-state index in [2.05, 4.69) is 21.6 Å². The minimum atomic E-state index is -0.825. The van der Waals surface area contributed by atoms with Gasteiger partial charge in [0.1, 0.15) is 5.52 Å². The van der Waals surface area contributed by atoms with Gasteiger partial charge in [0.2, 0.25) is 0 Å². The Morgan fingerprint density at radius 1 is 1.42 bits per heavy atom. The second-order valence-electron chi connectivity index (χ2n) is 4.30. The van der Waals surface area contributed by atoms with Gasteiger partial charge in [-0.2, -0.15) is 5.10 Å². The van der Waals surface area contributed by atoms with Crippen LogP contribution in [0.4, 0.5) is 0 Å². The highest BCUT2D eigenvalue weighted by Gasteiger charge is 2.18. The molecule has 0 saturated carbocycles. The molecule has 0 unspecified atom stereocenters. The Bertz CT molecular complexity index is 602. The number of fused-ring (bicyclic) bond motifs is 1. The fourth-order valence-corrected chi connectivity index (χ4v) is 2.83. The maximum absolute atomic E-state index is 10.7. The van der Waals surface area contributed by atoms with Crippen molar-refractivity contribution in [3.63, 3.8) is 0 Å². The molecule has 0 radical (unpaired) electrons. The van der Waals surface area contributed by atoms with E-state index < -0.39 is 5.97 Å². The third-order valence-electron chi connectivity index (χ3n) is 2.84. The monoisotopic (exact) mass is 282 g/mol. The van der Waals surface area contributed by atoms with E-state index in [9.17, 15) is 4.79 Å². The third-order valence-corrected chi connectivity index (χ3v) is 3.80. The number of imidazole rings is 1. The van der Waals surface area contributed by atoms with Crippen LogP contribution in [0, 0.1) is 6.92 Å². The Morgan fingerprint density at radius 2 is 2.16 bits per heavy atom. The van der Waals surface area contributed by atoms with Crippen molar-refractivity contribution >= 4 is 28.9 Å². The van der Waals surface area contributed by atoms with E-state index >= 15 is 0 Å². The number of hydrogen-bond acceptors (Lipinski definition) is 4. The number of aromatic nitrogens is 4. The van der Waals surface area contributed by atoms with Gasteiger partial charge in [-0.1, -0.05) is 18.7 Å². The number of carboxylic acid groups (broad SMARTS) is 1. The largest absolute Gasteiger partial charge is 0.481 e. The molecule has 0 spiro atoms. The van der Waals surface area contributed by atoms with Gasteiger partial charge in [-0.05, 0) is 20.3 Å². The zero-order valence-electron chi connectivity index (χ0n) is 11.4. The molecule has 0 aliphatic carbocycles. The Balaban J connectivity index is 2.50. The number of nitrogens with zero attached hydrogens (tertiary/aromatic N) is 4. The van der Waals surface area contributed by atoms with Crippen molar-refractivity contribution in [1.29, 1.82) is 0 Å². The summed E-state index contributed by atoms with van der Waals surface area (Å²) in [5, 5.41) is 14.0. The zero-order chi connectivity index (χ0) is 14.0. The van der Waals surface area contributed by atoms with Crippen molar-refractivity contribution in [2.24, 2.45) is 0 Å². The van der Waals surface area contributed by atoms with E-state index in [-0.39, 0.29) is 5.75 Å². The molecule has 2 aromatic rings. The lowest BCUT2D eigenvalue weighted by Crippen LogP contribution is -2.07. The van der Waals surface area contributed by atoms with Crippen LogP contribution in [0.2, 0.25) is 0 Å². The van der Waals surface area contributed by atoms with E-state index in [4.69, 9.17) is 5.11 Å². The number of carbonyl (C=O) groups is 1. The summed E-state index contributed by atoms with van der Waals surface area (Å²) < 4.78 is 4.00. The fraction of sp³-hybridized carbons (Fsp3) is 0.583. The van der Waals surface area contributed by atoms with Gasteiger partial charge >= 0.3 is 5.97 Å². The smallest absolute Gasteiger partial charge is 0.313 e. The minimum absolute atomic E-state index is 0.0297. The lowest BCUT2D eigenvalue weighted by Gasteiger charge is -2.07. The molecule has 104 valence electrons. The molecule has 2 rings (SSSR count). The highest BCUT2D eigenvalue weighted by Crippen LogP contribution is 2.26. The summed E-state index contributed by atoms with van der Waals surface area (Å²) in [6, 6.07) is 0. The third kappa shape index (κ3) is 2.60. The van der Waals surface area contributed by atoms with Crippen molar-refractivity contribution in [3.8, 4) is 0 Å². The minimum Gasteiger partial charge on any atom is -0.481 e. The highest BCUT2D eigenvalue weighted by atomic mass is 32.2. The standard InChI is InChI=1S/C12H18N4O2S/c1-4-6-15-11-10(8(3)14-16(11)5-2)13-12(15)19-7-9(17)18/h4-7H2,1-3H3,(H,17,18). The van der Waals surface area contributed by atoms with Crippen LogP contribution in [-0.4, -0.2) is 36.2 Å². The van der Waals surface area contributed by atoms with Gasteiger partial charge in [-0.15, -0.1) is 0 Å². The first kappa shape index (κ1) is 13.9. The van der Waals surface area contributed by atoms with Gasteiger partial charge in [-0.25, -0.2) is 9.67 Å². The molecule has 0 fully saturated rings. The molecule has 0 aliphatic heterocycles. The molecule has 0 aliphatic rings. The molecular weight excluding hydrogens is 264 g/mol. The van der Waals surface area contributed by atoms with Crippen molar-refractivity contribution in [2.75, 3.05) is 5.75 Å². The average molecular weight is 282 g/mol. The summed E-state index contributed by atoms with van der Waals surface area (Å²) in [6.45, 7) is 7.67. The zero-order valence-corrected chi connectivity index (χ0v) is 12.2. The summed E-state index contributed by atoms with van der Waals surface area (Å²) >= 11 is 1.26. The van der Waals surface area contributed by atoms with Crippen molar-refractivity contribution in [2.45, 2.75) is 45.4 Å². The molecule has 0 atom stereocenters. The van der Waals surface area contributed by atoms with Crippen LogP contribution in [-0.2, 0) is 17.9 Å². The number of thioether (sulfide) groups is 1. The summed E-state index contributed by atoms with van der Waals surface area (Å²) in [6.07, 6.45) is 0.972. The van der Waals surface area contributed by atoms with E-state index in [0.29, 0.717) is 0 Å². The van der Waals surface area contributed by atoms with Crippen LogP contribution in [0.25, 0.3) is 11.2 Å². The summed E-state index contributed by atoms with van der Waals surface area (Å²) in [7, 11) is 0. The average Bonchev–Trinajstić information content (AvgIpc) is 2.87. The summed E-state index contributed by atoms with van der Waals surface area (Å²) in [4.78, 5) is 15.3. The van der Waals surface area contributed by atoms with Gasteiger partial charge < -0.3 is 9.67 Å². The van der Waals surface area contributed by atoms with Crippen LogP contribution >= 0.6 is 11.8 Å². The van der Waals surface area contributed by atoms with Crippen molar-refractivity contribution in [3.05, 3.63) is 5.69 Å². The topological polar surface area (TPSA) is 72.9 Å². The molecule has 2 aromatic heterocycles. The van der Waals surface area contributed by atoms with Crippen LogP contribution < -0.4 is 0 Å². The molecule has 7 heteroatoms. The Hall–Kier alpha value is -1.50. The first-order valence-electron chi connectivity index (χ1n) is 6.36. The first-order chi connectivity index (χ1) is 9.08. The van der Waals surface area contributed by atoms with Gasteiger partial charge in [-0.3, -0.25) is 4.79 Å². The van der Waals surface area contributed by atoms with Crippen molar-refractivity contribution in [1.82, 2.24) is 19.3 Å². The predicted molar refractivity (Wildman–Crippen MR) is 74.6 cm³/mol. The molecule has 0 bridgehead atoms. The SMILES string of the molecule is CCCn1c(SCC(=O)O)nc2c(C)nn(CC)c21. The maximum atomic E-state index is 10.7. The molecule has 2 heterocycles. The molecule has 1 N–H and O–H groups in total. The van der Waals surface area contributed by atoms with Gasteiger partial charge in [0.05, 0.1) is 11.4 Å². The second kappa shape index (κ2) is 5.64. The van der Waals surface area contributed by atoms with Crippen LogP contribution in [0.5, 0.6) is 0 Å². The summed E-state index contributed by atoms with van der Waals surface area (Å²) in [5.74, 6) is -0.795. The van der Waals surface area contributed by atoms with Gasteiger partial charge in [0.25, 0.3) is 0 Å². The number of aliphatic carboxylic acids is 1. The Labute approximate surface area is 115 Å². The quantitative estimate of drug-likeness (QED) is 0.822. The van der Waals surface area contributed by atoms with Crippen LogP contribution in [0.1, 0.15) is 26.0 Å². The Morgan fingerprint density at radius 3 is 2.74 bits per heavy atom. The summed E-state index contributed by atoms with van der Waals surface area (Å²) in [5.41, 5.74) is 2.77. The molecular formula is C12H18N4O2S. The molecule has 0 saturated heterocycles. The number of rotatable bonds is 6. The number of aryl methyl sites for hydroxylation is 3. The van der Waals surface area contributed by atoms with E-state index in [1.54, 1.807) is 0 Å². The van der Waals surface area contributed by atoms with Gasteiger partial charge in [0.15, 0.2) is 10.8 Å². The van der Waals surface area contributed by atoms with E-state index in [0.717, 1.165) is 41.5 Å². The molecule has 0 aromatic carbocycles. The second-order valence-corrected chi connectivity index (χ2v) is 5.24. The molecule has 6 nitrogen and oxygen atoms in total. The predicted octanol–water partition coefficient (Wildman–Crippen LogP) is 2.15. The van der Waals surface area contributed by atoms with Crippen LogP contribution in [0.3, 0.4) is 0 Å². The fourth-order valence-electron chi connectivity index (χ4n) is 2.09. The number of hydrogen-bond donors (Lipinski definition) is 1. The van der Waals surface area contributed by atoms with E-state index in [1.807, 2.05) is 18.5 Å². The molecule has 19 heavy (non-hydrogen) atoms.